The maximum atomic E-state index is 12.8. The summed E-state index contributed by atoms with van der Waals surface area (Å²) in [5, 5.41) is 0. The van der Waals surface area contributed by atoms with Crippen LogP contribution in [0.2, 0.25) is 0 Å². The van der Waals surface area contributed by atoms with Crippen molar-refractivity contribution in [1.29, 1.82) is 0 Å². The fourth-order valence-corrected chi connectivity index (χ4v) is 3.47. The standard InChI is InChI=1S/C17H24N2O3/c1-21-13-5-2-4-12(10-13)15-6-3-9-19(15)17(20)16-8-7-14(11-18)22-16/h2,4-5,10,14-16H,3,6-9,11,18H2,1H3/t14-,15?,16+/m1/s1. The van der Waals surface area contributed by atoms with Crippen LogP contribution in [0.25, 0.3) is 0 Å². The Kier molecular flexibility index (Phi) is 4.64. The Labute approximate surface area is 131 Å². The summed E-state index contributed by atoms with van der Waals surface area (Å²) in [6.07, 6.45) is 3.39. The largest absolute Gasteiger partial charge is 0.497 e. The van der Waals surface area contributed by atoms with Crippen LogP contribution < -0.4 is 10.5 Å². The SMILES string of the molecule is COc1cccc(C2CCCN2C(=O)[C@@H]2CC[C@H](CN)O2)c1. The van der Waals surface area contributed by atoms with Gasteiger partial charge in [-0.05, 0) is 43.4 Å². The van der Waals surface area contributed by atoms with Gasteiger partial charge in [0.05, 0.1) is 19.3 Å². The predicted octanol–water partition coefficient (Wildman–Crippen LogP) is 1.86. The van der Waals surface area contributed by atoms with E-state index in [4.69, 9.17) is 15.2 Å². The van der Waals surface area contributed by atoms with E-state index in [9.17, 15) is 4.79 Å². The molecule has 1 aromatic rings. The molecule has 2 saturated heterocycles. The summed E-state index contributed by atoms with van der Waals surface area (Å²) < 4.78 is 11.1. The van der Waals surface area contributed by atoms with Crippen LogP contribution in [0.3, 0.4) is 0 Å². The summed E-state index contributed by atoms with van der Waals surface area (Å²) in [5.41, 5.74) is 6.77. The molecule has 2 aliphatic rings. The highest BCUT2D eigenvalue weighted by Crippen LogP contribution is 2.35. The number of likely N-dealkylation sites (tertiary alicyclic amines) is 1. The number of amides is 1. The number of carbonyl (C=O) groups excluding carboxylic acids is 1. The number of nitrogens with zero attached hydrogens (tertiary/aromatic N) is 1. The Morgan fingerprint density at radius 2 is 2.27 bits per heavy atom. The van der Waals surface area contributed by atoms with Gasteiger partial charge in [0.15, 0.2) is 0 Å². The zero-order valence-electron chi connectivity index (χ0n) is 13.0. The number of hydrogen-bond donors (Lipinski definition) is 1. The summed E-state index contributed by atoms with van der Waals surface area (Å²) in [5.74, 6) is 0.943. The number of rotatable bonds is 4. The second kappa shape index (κ2) is 6.67. The van der Waals surface area contributed by atoms with Crippen molar-refractivity contribution < 1.29 is 14.3 Å². The fourth-order valence-electron chi connectivity index (χ4n) is 3.47. The second-order valence-corrected chi connectivity index (χ2v) is 6.03. The maximum absolute atomic E-state index is 12.8. The molecule has 1 aromatic carbocycles. The van der Waals surface area contributed by atoms with Crippen molar-refractivity contribution in [2.75, 3.05) is 20.2 Å². The first kappa shape index (κ1) is 15.3. The third kappa shape index (κ3) is 2.96. The van der Waals surface area contributed by atoms with Gasteiger partial charge in [-0.25, -0.2) is 0 Å². The molecule has 2 fully saturated rings. The zero-order valence-corrected chi connectivity index (χ0v) is 13.0. The topological polar surface area (TPSA) is 64.8 Å². The lowest BCUT2D eigenvalue weighted by atomic mass is 10.0. The van der Waals surface area contributed by atoms with E-state index in [1.54, 1.807) is 7.11 Å². The number of hydrogen-bond acceptors (Lipinski definition) is 4. The zero-order chi connectivity index (χ0) is 15.5. The molecular weight excluding hydrogens is 280 g/mol. The van der Waals surface area contributed by atoms with Crippen LogP contribution in [0.4, 0.5) is 0 Å². The summed E-state index contributed by atoms with van der Waals surface area (Å²) in [6.45, 7) is 1.29. The molecule has 2 aliphatic heterocycles. The summed E-state index contributed by atoms with van der Waals surface area (Å²) >= 11 is 0. The Morgan fingerprint density at radius 1 is 1.41 bits per heavy atom. The third-order valence-corrected chi connectivity index (χ3v) is 4.66. The van der Waals surface area contributed by atoms with E-state index in [1.807, 2.05) is 23.1 Å². The highest BCUT2D eigenvalue weighted by atomic mass is 16.5. The van der Waals surface area contributed by atoms with Crippen molar-refractivity contribution in [3.05, 3.63) is 29.8 Å². The molecule has 0 spiro atoms. The average molecular weight is 304 g/mol. The molecule has 0 aromatic heterocycles. The Morgan fingerprint density at radius 3 is 3.00 bits per heavy atom. The van der Waals surface area contributed by atoms with Crippen LogP contribution in [-0.2, 0) is 9.53 Å². The molecule has 1 amide bonds. The molecule has 0 saturated carbocycles. The lowest BCUT2D eigenvalue weighted by molar-refractivity contribution is -0.143. The van der Waals surface area contributed by atoms with Gasteiger partial charge in [-0.15, -0.1) is 0 Å². The summed E-state index contributed by atoms with van der Waals surface area (Å²) in [4.78, 5) is 14.7. The number of nitrogens with two attached hydrogens (primary N) is 1. The summed E-state index contributed by atoms with van der Waals surface area (Å²) in [6, 6.07) is 8.12. The number of ether oxygens (including phenoxy) is 2. The number of benzene rings is 1. The van der Waals surface area contributed by atoms with Crippen LogP contribution >= 0.6 is 0 Å². The van der Waals surface area contributed by atoms with Gasteiger partial charge in [0, 0.05) is 13.1 Å². The monoisotopic (exact) mass is 304 g/mol. The molecule has 2 N–H and O–H groups in total. The normalized spacial score (nSPS) is 28.1. The Hall–Kier alpha value is -1.59. The lowest BCUT2D eigenvalue weighted by Crippen LogP contribution is -2.39. The van der Waals surface area contributed by atoms with Gasteiger partial charge < -0.3 is 20.1 Å². The number of methoxy groups -OCH3 is 1. The molecule has 3 atom stereocenters. The van der Waals surface area contributed by atoms with Gasteiger partial charge in [0.1, 0.15) is 11.9 Å². The first-order valence-corrected chi connectivity index (χ1v) is 8.03. The molecular formula is C17H24N2O3. The van der Waals surface area contributed by atoms with Crippen molar-refractivity contribution in [2.45, 2.75) is 43.9 Å². The van der Waals surface area contributed by atoms with Gasteiger partial charge in [0.2, 0.25) is 0 Å². The van der Waals surface area contributed by atoms with Gasteiger partial charge in [-0.1, -0.05) is 12.1 Å². The minimum Gasteiger partial charge on any atom is -0.497 e. The van der Waals surface area contributed by atoms with Crippen LogP contribution in [0, 0.1) is 0 Å². The van der Waals surface area contributed by atoms with Crippen LogP contribution in [0.5, 0.6) is 5.75 Å². The van der Waals surface area contributed by atoms with E-state index in [0.717, 1.165) is 43.5 Å². The van der Waals surface area contributed by atoms with Crippen LogP contribution in [0.1, 0.15) is 37.3 Å². The number of carbonyl (C=O) groups is 1. The predicted molar refractivity (Wildman–Crippen MR) is 83.6 cm³/mol. The van der Waals surface area contributed by atoms with Crippen molar-refractivity contribution in [1.82, 2.24) is 4.90 Å². The van der Waals surface area contributed by atoms with E-state index in [1.165, 1.54) is 0 Å². The summed E-state index contributed by atoms with van der Waals surface area (Å²) in [7, 11) is 1.66. The molecule has 1 unspecified atom stereocenters. The fraction of sp³-hybridized carbons (Fsp3) is 0.588. The van der Waals surface area contributed by atoms with Crippen molar-refractivity contribution in [3.63, 3.8) is 0 Å². The Balaban J connectivity index is 1.74. The minimum absolute atomic E-state index is 0.0341. The lowest BCUT2D eigenvalue weighted by Gasteiger charge is -2.28. The van der Waals surface area contributed by atoms with Crippen LogP contribution in [0.15, 0.2) is 24.3 Å². The first-order valence-electron chi connectivity index (χ1n) is 8.03. The first-order chi connectivity index (χ1) is 10.7. The van der Waals surface area contributed by atoms with Gasteiger partial charge in [-0.2, -0.15) is 0 Å². The van der Waals surface area contributed by atoms with Crippen molar-refractivity contribution >= 4 is 5.91 Å². The van der Waals surface area contributed by atoms with E-state index in [-0.39, 0.29) is 24.2 Å². The molecule has 2 heterocycles. The molecule has 5 nitrogen and oxygen atoms in total. The van der Waals surface area contributed by atoms with Crippen molar-refractivity contribution in [2.24, 2.45) is 5.73 Å². The quantitative estimate of drug-likeness (QED) is 0.922. The second-order valence-electron chi connectivity index (χ2n) is 6.03. The molecule has 22 heavy (non-hydrogen) atoms. The maximum Gasteiger partial charge on any atom is 0.252 e. The molecule has 0 aliphatic carbocycles. The van der Waals surface area contributed by atoms with E-state index in [0.29, 0.717) is 6.54 Å². The average Bonchev–Trinajstić information content (AvgIpc) is 3.23. The highest BCUT2D eigenvalue weighted by Gasteiger charge is 2.38. The molecule has 3 rings (SSSR count). The Bertz CT molecular complexity index is 534. The van der Waals surface area contributed by atoms with E-state index in [2.05, 4.69) is 6.07 Å². The molecule has 5 heteroatoms. The van der Waals surface area contributed by atoms with E-state index < -0.39 is 0 Å². The highest BCUT2D eigenvalue weighted by molar-refractivity contribution is 5.82. The molecule has 0 radical (unpaired) electrons. The van der Waals surface area contributed by atoms with Gasteiger partial charge in [-0.3, -0.25) is 4.79 Å². The van der Waals surface area contributed by atoms with Gasteiger partial charge >= 0.3 is 0 Å². The minimum atomic E-state index is -0.320. The smallest absolute Gasteiger partial charge is 0.252 e. The molecule has 120 valence electrons. The van der Waals surface area contributed by atoms with Crippen molar-refractivity contribution in [3.8, 4) is 5.75 Å². The van der Waals surface area contributed by atoms with Crippen LogP contribution in [-0.4, -0.2) is 43.2 Å². The van der Waals surface area contributed by atoms with Gasteiger partial charge in [0.25, 0.3) is 5.91 Å². The van der Waals surface area contributed by atoms with E-state index >= 15 is 0 Å². The molecule has 0 bridgehead atoms. The third-order valence-electron chi connectivity index (χ3n) is 4.66.